The van der Waals surface area contributed by atoms with Gasteiger partial charge in [-0.3, -0.25) is 4.79 Å². The zero-order valence-corrected chi connectivity index (χ0v) is 37.5. The van der Waals surface area contributed by atoms with Crippen molar-refractivity contribution in [2.75, 3.05) is 33.0 Å². The second-order valence-electron chi connectivity index (χ2n) is 17.3. The van der Waals surface area contributed by atoms with Crippen LogP contribution in [0.3, 0.4) is 0 Å². The van der Waals surface area contributed by atoms with E-state index in [4.69, 9.17) is 28.4 Å². The highest BCUT2D eigenvalue weighted by Crippen LogP contribution is 2.26. The average Bonchev–Trinajstić information content (AvgIpc) is 3.24. The highest BCUT2D eigenvalue weighted by atomic mass is 16.7. The van der Waals surface area contributed by atoms with Gasteiger partial charge < -0.3 is 64.2 Å². The summed E-state index contributed by atoms with van der Waals surface area (Å²) < 4.78 is 34.1. The summed E-state index contributed by atoms with van der Waals surface area (Å²) in [4.78, 5) is 12.8. The number of ether oxygens (including phenoxy) is 6. The van der Waals surface area contributed by atoms with Gasteiger partial charge in [-0.1, -0.05) is 168 Å². The molecule has 60 heavy (non-hydrogen) atoms. The molecular formula is C46H88O14. The summed E-state index contributed by atoms with van der Waals surface area (Å²) in [5, 5.41) is 71.8. The van der Waals surface area contributed by atoms with Crippen LogP contribution in [0.1, 0.15) is 187 Å². The van der Waals surface area contributed by atoms with Gasteiger partial charge in [0.25, 0.3) is 0 Å². The quantitative estimate of drug-likeness (QED) is 0.0275. The molecule has 356 valence electrons. The Morgan fingerprint density at radius 2 is 0.883 bits per heavy atom. The van der Waals surface area contributed by atoms with Crippen LogP contribution in [0.2, 0.25) is 0 Å². The smallest absolute Gasteiger partial charge is 0.306 e. The summed E-state index contributed by atoms with van der Waals surface area (Å²) in [6.45, 7) is 3.64. The van der Waals surface area contributed by atoms with Gasteiger partial charge in [0.15, 0.2) is 12.6 Å². The van der Waals surface area contributed by atoms with Gasteiger partial charge in [0, 0.05) is 13.0 Å². The zero-order valence-electron chi connectivity index (χ0n) is 37.5. The van der Waals surface area contributed by atoms with E-state index in [0.29, 0.717) is 13.0 Å². The maximum absolute atomic E-state index is 12.8. The lowest BCUT2D eigenvalue weighted by Crippen LogP contribution is -2.61. The lowest BCUT2D eigenvalue weighted by molar-refractivity contribution is -0.332. The first-order chi connectivity index (χ1) is 29.1. The maximum Gasteiger partial charge on any atom is 0.306 e. The summed E-state index contributed by atoms with van der Waals surface area (Å²) in [6, 6.07) is 0. The van der Waals surface area contributed by atoms with Crippen LogP contribution in [0.5, 0.6) is 0 Å². The number of unbranched alkanes of at least 4 members (excludes halogenated alkanes) is 24. The van der Waals surface area contributed by atoms with Crippen molar-refractivity contribution in [2.24, 2.45) is 0 Å². The van der Waals surface area contributed by atoms with E-state index < -0.39 is 80.7 Å². The van der Waals surface area contributed by atoms with Crippen molar-refractivity contribution in [1.29, 1.82) is 0 Å². The Hall–Kier alpha value is -1.01. The number of hydrogen-bond donors (Lipinski definition) is 7. The molecule has 0 amide bonds. The van der Waals surface area contributed by atoms with Crippen molar-refractivity contribution in [3.8, 4) is 0 Å². The highest BCUT2D eigenvalue weighted by Gasteiger charge is 2.47. The number of aliphatic hydroxyl groups excluding tert-OH is 7. The maximum atomic E-state index is 12.8. The van der Waals surface area contributed by atoms with E-state index in [2.05, 4.69) is 13.8 Å². The molecule has 2 fully saturated rings. The van der Waals surface area contributed by atoms with Crippen LogP contribution in [-0.4, -0.2) is 142 Å². The zero-order chi connectivity index (χ0) is 43.8. The molecule has 0 aromatic heterocycles. The molecular weight excluding hydrogens is 776 g/mol. The van der Waals surface area contributed by atoms with Crippen molar-refractivity contribution in [3.05, 3.63) is 0 Å². The number of hydrogen-bond acceptors (Lipinski definition) is 14. The van der Waals surface area contributed by atoms with Crippen molar-refractivity contribution in [1.82, 2.24) is 0 Å². The minimum absolute atomic E-state index is 0.0685. The monoisotopic (exact) mass is 865 g/mol. The van der Waals surface area contributed by atoms with Gasteiger partial charge in [-0.2, -0.15) is 0 Å². The molecule has 2 saturated heterocycles. The molecule has 7 N–H and O–H groups in total. The van der Waals surface area contributed by atoms with Gasteiger partial charge in [-0.05, 0) is 12.8 Å². The van der Waals surface area contributed by atoms with Gasteiger partial charge in [0.1, 0.15) is 54.9 Å². The highest BCUT2D eigenvalue weighted by molar-refractivity contribution is 5.69. The van der Waals surface area contributed by atoms with E-state index in [1.54, 1.807) is 0 Å². The van der Waals surface area contributed by atoms with Crippen LogP contribution >= 0.6 is 0 Å². The average molecular weight is 865 g/mol. The van der Waals surface area contributed by atoms with Gasteiger partial charge in [-0.15, -0.1) is 0 Å². The number of rotatable bonds is 38. The SMILES string of the molecule is CCCCCCCCCCCCCCCCCCCCCCOCC(COC1OC(COC2OC(CO)C(O)C(O)C2O)C(O)C(O)C1O)OC(=O)CCCCCCCC. The number of carbonyl (C=O) groups excluding carboxylic acids is 1. The summed E-state index contributed by atoms with van der Waals surface area (Å²) >= 11 is 0. The van der Waals surface area contributed by atoms with Crippen molar-refractivity contribution in [3.63, 3.8) is 0 Å². The first kappa shape index (κ1) is 55.1. The summed E-state index contributed by atoms with van der Waals surface area (Å²) in [5.41, 5.74) is 0. The molecule has 11 atom stereocenters. The lowest BCUT2D eigenvalue weighted by Gasteiger charge is -2.42. The first-order valence-electron chi connectivity index (χ1n) is 24.1. The van der Waals surface area contributed by atoms with Crippen LogP contribution in [0.15, 0.2) is 0 Å². The predicted molar refractivity (Wildman–Crippen MR) is 229 cm³/mol. The number of carbonyl (C=O) groups is 1. The topological polar surface area (TPSA) is 214 Å². The molecule has 11 unspecified atom stereocenters. The predicted octanol–water partition coefficient (Wildman–Crippen LogP) is 6.13. The summed E-state index contributed by atoms with van der Waals surface area (Å²) in [7, 11) is 0. The molecule has 2 aliphatic rings. The first-order valence-corrected chi connectivity index (χ1v) is 24.1. The number of aliphatic hydroxyl groups is 7. The summed E-state index contributed by atoms with van der Waals surface area (Å²) in [6.07, 6.45) is 16.5. The Bertz CT molecular complexity index is 1010. The molecule has 14 nitrogen and oxygen atoms in total. The molecule has 2 aliphatic heterocycles. The second kappa shape index (κ2) is 35.4. The molecule has 2 rings (SSSR count). The van der Waals surface area contributed by atoms with Crippen LogP contribution in [0.25, 0.3) is 0 Å². The Morgan fingerprint density at radius 1 is 0.483 bits per heavy atom. The third kappa shape index (κ3) is 23.6. The van der Waals surface area contributed by atoms with E-state index in [9.17, 15) is 40.5 Å². The third-order valence-corrected chi connectivity index (χ3v) is 11.9. The molecule has 0 spiro atoms. The molecule has 14 heteroatoms. The normalized spacial score (nSPS) is 27.6. The van der Waals surface area contributed by atoms with Gasteiger partial charge in [0.05, 0.1) is 26.4 Å². The van der Waals surface area contributed by atoms with Crippen molar-refractivity contribution in [2.45, 2.75) is 255 Å². The van der Waals surface area contributed by atoms with E-state index in [1.165, 1.54) is 116 Å². The molecule has 0 aliphatic carbocycles. The van der Waals surface area contributed by atoms with Crippen LogP contribution in [0, 0.1) is 0 Å². The van der Waals surface area contributed by atoms with E-state index in [1.807, 2.05) is 0 Å². The van der Waals surface area contributed by atoms with Crippen LogP contribution in [-0.2, 0) is 33.2 Å². The van der Waals surface area contributed by atoms with Crippen molar-refractivity contribution < 1.29 is 69.0 Å². The van der Waals surface area contributed by atoms with Gasteiger partial charge in [0.2, 0.25) is 0 Å². The molecule has 0 aromatic rings. The fourth-order valence-electron chi connectivity index (χ4n) is 7.87. The standard InChI is InChI=1S/C46H88O14/c1-3-5-7-9-11-12-13-14-15-16-17-18-19-20-21-22-23-24-26-28-30-55-32-35(58-38(48)29-27-25-10-8-6-4-2)33-56-45-44(54)42(52)40(50)37(60-45)34-57-46-43(53)41(51)39(49)36(31-47)59-46/h35-37,39-47,49-54H,3-34H2,1-2H3. The molecule has 0 aromatic carbocycles. The molecule has 2 heterocycles. The molecule has 0 bridgehead atoms. The largest absolute Gasteiger partial charge is 0.457 e. The summed E-state index contributed by atoms with van der Waals surface area (Å²) in [5.74, 6) is -0.382. The Labute approximate surface area is 362 Å². The molecule has 0 saturated carbocycles. The Morgan fingerprint density at radius 3 is 1.35 bits per heavy atom. The Kier molecular flexibility index (Phi) is 32.5. The van der Waals surface area contributed by atoms with Crippen molar-refractivity contribution >= 4 is 5.97 Å². The minimum atomic E-state index is -1.70. The van der Waals surface area contributed by atoms with Crippen LogP contribution < -0.4 is 0 Å². The fraction of sp³-hybridized carbons (Fsp3) is 0.978. The fourth-order valence-corrected chi connectivity index (χ4v) is 7.87. The number of esters is 1. The minimum Gasteiger partial charge on any atom is -0.457 e. The second-order valence-corrected chi connectivity index (χ2v) is 17.3. The van der Waals surface area contributed by atoms with Gasteiger partial charge in [-0.25, -0.2) is 0 Å². The van der Waals surface area contributed by atoms with E-state index >= 15 is 0 Å². The third-order valence-electron chi connectivity index (χ3n) is 11.9. The van der Waals surface area contributed by atoms with E-state index in [-0.39, 0.29) is 25.6 Å². The molecule has 0 radical (unpaired) electrons. The van der Waals surface area contributed by atoms with E-state index in [0.717, 1.165) is 44.9 Å². The van der Waals surface area contributed by atoms with Crippen LogP contribution in [0.4, 0.5) is 0 Å². The Balaban J connectivity index is 1.69. The van der Waals surface area contributed by atoms with Gasteiger partial charge >= 0.3 is 5.97 Å². The lowest BCUT2D eigenvalue weighted by atomic mass is 9.98.